The van der Waals surface area contributed by atoms with Gasteiger partial charge in [0.15, 0.2) is 0 Å². The van der Waals surface area contributed by atoms with Crippen LogP contribution in [0.2, 0.25) is 0 Å². The van der Waals surface area contributed by atoms with Gasteiger partial charge >= 0.3 is 0 Å². The number of rotatable bonds is 3. The smallest absolute Gasteiger partial charge is 0.0822 e. The van der Waals surface area contributed by atoms with Crippen LogP contribution in [0.5, 0.6) is 0 Å². The van der Waals surface area contributed by atoms with Gasteiger partial charge in [0.05, 0.1) is 11.6 Å². The quantitative estimate of drug-likeness (QED) is 0.425. The molecule has 6 nitrogen and oxygen atoms in total. The zero-order valence-electron chi connectivity index (χ0n) is 9.98. The minimum atomic E-state index is -0.722. The van der Waals surface area contributed by atoms with Crippen LogP contribution in [0.3, 0.4) is 0 Å². The third kappa shape index (κ3) is 2.12. The molecule has 0 aliphatic heterocycles. The van der Waals surface area contributed by atoms with Gasteiger partial charge < -0.3 is 0 Å². The molecule has 0 aromatic heterocycles. The van der Waals surface area contributed by atoms with Gasteiger partial charge in [-0.3, -0.25) is 0 Å². The Hall–Kier alpha value is -2.16. The van der Waals surface area contributed by atoms with Gasteiger partial charge in [0.25, 0.3) is 0 Å². The molecule has 0 saturated heterocycles. The molecule has 1 aliphatic rings. The van der Waals surface area contributed by atoms with Crippen molar-refractivity contribution in [2.24, 2.45) is 10.2 Å². The summed E-state index contributed by atoms with van der Waals surface area (Å²) in [5, 5.41) is 7.85. The fourth-order valence-electron chi connectivity index (χ4n) is 2.67. The Labute approximate surface area is 105 Å². The van der Waals surface area contributed by atoms with E-state index >= 15 is 0 Å². The van der Waals surface area contributed by atoms with Crippen LogP contribution in [-0.2, 0) is 5.54 Å². The van der Waals surface area contributed by atoms with Gasteiger partial charge in [-0.1, -0.05) is 53.4 Å². The first-order chi connectivity index (χ1) is 8.83. The van der Waals surface area contributed by atoms with Crippen molar-refractivity contribution in [3.8, 4) is 0 Å². The van der Waals surface area contributed by atoms with Crippen molar-refractivity contribution < 1.29 is 0 Å². The Morgan fingerprint density at radius 1 is 1.11 bits per heavy atom. The largest absolute Gasteiger partial charge is 0.0896 e. The number of hydrogen-bond donors (Lipinski definition) is 0. The lowest BCUT2D eigenvalue weighted by atomic mass is 9.74. The van der Waals surface area contributed by atoms with E-state index in [2.05, 4.69) is 20.1 Å². The van der Waals surface area contributed by atoms with Crippen LogP contribution in [0.15, 0.2) is 40.6 Å². The topological polar surface area (TPSA) is 97.5 Å². The fourth-order valence-corrected chi connectivity index (χ4v) is 2.67. The molecule has 1 aromatic rings. The lowest BCUT2D eigenvalue weighted by Crippen LogP contribution is -2.38. The second kappa shape index (κ2) is 5.45. The van der Waals surface area contributed by atoms with E-state index in [9.17, 15) is 0 Å². The Kier molecular flexibility index (Phi) is 3.72. The minimum Gasteiger partial charge on any atom is -0.0896 e. The van der Waals surface area contributed by atoms with Crippen molar-refractivity contribution in [3.05, 3.63) is 56.8 Å². The second-order valence-corrected chi connectivity index (χ2v) is 4.45. The molecule has 2 rings (SSSR count). The second-order valence-electron chi connectivity index (χ2n) is 4.45. The average molecular weight is 242 g/mol. The maximum Gasteiger partial charge on any atom is 0.0822 e. The number of azide groups is 2. The Morgan fingerprint density at radius 3 is 2.56 bits per heavy atom. The third-order valence-corrected chi connectivity index (χ3v) is 3.52. The van der Waals surface area contributed by atoms with E-state index < -0.39 is 5.54 Å². The molecule has 18 heavy (non-hydrogen) atoms. The van der Waals surface area contributed by atoms with Crippen LogP contribution in [0.1, 0.15) is 31.2 Å². The summed E-state index contributed by atoms with van der Waals surface area (Å²) in [4.78, 5) is 5.89. The highest BCUT2D eigenvalue weighted by Gasteiger charge is 2.41. The van der Waals surface area contributed by atoms with Crippen molar-refractivity contribution in [2.75, 3.05) is 0 Å². The monoisotopic (exact) mass is 242 g/mol. The van der Waals surface area contributed by atoms with Crippen molar-refractivity contribution >= 4 is 0 Å². The van der Waals surface area contributed by atoms with Gasteiger partial charge in [-0.15, -0.1) is 0 Å². The van der Waals surface area contributed by atoms with Gasteiger partial charge in [0.1, 0.15) is 0 Å². The van der Waals surface area contributed by atoms with Crippen LogP contribution in [0, 0.1) is 0 Å². The molecule has 0 heterocycles. The zero-order chi connectivity index (χ0) is 12.8. The SMILES string of the molecule is [N-]=[N+]=NC1CCCCC1(N=[N+]=[N-])c1ccccc1. The molecule has 0 N–H and O–H groups in total. The molecule has 1 aliphatic carbocycles. The average Bonchev–Trinajstić information content (AvgIpc) is 2.43. The van der Waals surface area contributed by atoms with Gasteiger partial charge in [0, 0.05) is 9.82 Å². The highest BCUT2D eigenvalue weighted by Crippen LogP contribution is 2.42. The van der Waals surface area contributed by atoms with Crippen molar-refractivity contribution in [3.63, 3.8) is 0 Å². The lowest BCUT2D eigenvalue weighted by Gasteiger charge is -2.38. The first-order valence-corrected chi connectivity index (χ1v) is 5.99. The van der Waals surface area contributed by atoms with Gasteiger partial charge in [-0.25, -0.2) is 0 Å². The summed E-state index contributed by atoms with van der Waals surface area (Å²) in [5.74, 6) is 0. The van der Waals surface area contributed by atoms with E-state index in [4.69, 9.17) is 11.1 Å². The summed E-state index contributed by atoms with van der Waals surface area (Å²) >= 11 is 0. The summed E-state index contributed by atoms with van der Waals surface area (Å²) in [6, 6.07) is 9.30. The maximum atomic E-state index is 8.85. The van der Waals surface area contributed by atoms with E-state index in [1.54, 1.807) is 0 Å². The normalized spacial score (nSPS) is 26.8. The Morgan fingerprint density at radius 2 is 1.89 bits per heavy atom. The van der Waals surface area contributed by atoms with Crippen molar-refractivity contribution in [1.82, 2.24) is 0 Å². The fraction of sp³-hybridized carbons (Fsp3) is 0.500. The number of nitrogens with zero attached hydrogens (tertiary/aromatic N) is 6. The Bertz CT molecular complexity index is 501. The molecule has 92 valence electrons. The lowest BCUT2D eigenvalue weighted by molar-refractivity contribution is 0.256. The first-order valence-electron chi connectivity index (χ1n) is 5.99. The van der Waals surface area contributed by atoms with Gasteiger partial charge in [-0.2, -0.15) is 0 Å². The number of benzene rings is 1. The molecular weight excluding hydrogens is 228 g/mol. The van der Waals surface area contributed by atoms with Crippen LogP contribution in [0.4, 0.5) is 0 Å². The van der Waals surface area contributed by atoms with E-state index in [1.165, 1.54) is 0 Å². The predicted molar refractivity (Wildman–Crippen MR) is 68.7 cm³/mol. The summed E-state index contributed by atoms with van der Waals surface area (Å²) in [7, 11) is 0. The van der Waals surface area contributed by atoms with E-state index in [0.29, 0.717) is 0 Å². The highest BCUT2D eigenvalue weighted by molar-refractivity contribution is 5.28. The summed E-state index contributed by atoms with van der Waals surface area (Å²) in [6.45, 7) is 0. The molecule has 0 amide bonds. The summed E-state index contributed by atoms with van der Waals surface area (Å²) in [5.41, 5.74) is 17.8. The molecule has 1 aromatic carbocycles. The minimum absolute atomic E-state index is 0.297. The first kappa shape index (κ1) is 12.3. The van der Waals surface area contributed by atoms with E-state index in [-0.39, 0.29) is 6.04 Å². The van der Waals surface area contributed by atoms with Crippen LogP contribution in [0.25, 0.3) is 20.9 Å². The molecular formula is C12H14N6. The summed E-state index contributed by atoms with van der Waals surface area (Å²) < 4.78 is 0. The standard InChI is InChI=1S/C12H14N6/c13-17-15-11-8-4-5-9-12(11,16-18-14)10-6-2-1-3-7-10/h1-3,6-7,11H,4-5,8-9H2. The van der Waals surface area contributed by atoms with Gasteiger partial charge in [0.2, 0.25) is 0 Å². The van der Waals surface area contributed by atoms with E-state index in [1.807, 2.05) is 30.3 Å². The zero-order valence-corrected chi connectivity index (χ0v) is 9.98. The summed E-state index contributed by atoms with van der Waals surface area (Å²) in [6.07, 6.45) is 3.47. The van der Waals surface area contributed by atoms with Crippen LogP contribution in [-0.4, -0.2) is 6.04 Å². The number of hydrogen-bond acceptors (Lipinski definition) is 2. The maximum absolute atomic E-state index is 8.85. The van der Waals surface area contributed by atoms with Gasteiger partial charge in [-0.05, 0) is 29.5 Å². The molecule has 2 unspecified atom stereocenters. The van der Waals surface area contributed by atoms with Crippen LogP contribution >= 0.6 is 0 Å². The molecule has 1 saturated carbocycles. The van der Waals surface area contributed by atoms with E-state index in [0.717, 1.165) is 31.2 Å². The molecule has 6 heteroatoms. The predicted octanol–water partition coefficient (Wildman–Crippen LogP) is 4.45. The molecule has 0 radical (unpaired) electrons. The van der Waals surface area contributed by atoms with Crippen molar-refractivity contribution in [1.29, 1.82) is 0 Å². The molecule has 0 bridgehead atoms. The van der Waals surface area contributed by atoms with Crippen LogP contribution < -0.4 is 0 Å². The molecule has 2 atom stereocenters. The molecule has 1 fully saturated rings. The highest BCUT2D eigenvalue weighted by atomic mass is 15.2. The van der Waals surface area contributed by atoms with Crippen molar-refractivity contribution in [2.45, 2.75) is 37.3 Å². The third-order valence-electron chi connectivity index (χ3n) is 3.52. The molecule has 0 spiro atoms. The Balaban J connectivity index is 2.53.